The fourth-order valence-electron chi connectivity index (χ4n) is 4.33. The molecular formula is C27H32N4O5. The first-order valence-corrected chi connectivity index (χ1v) is 11.9. The van der Waals surface area contributed by atoms with Crippen molar-refractivity contribution in [3.63, 3.8) is 0 Å². The van der Waals surface area contributed by atoms with Crippen molar-refractivity contribution in [1.29, 1.82) is 0 Å². The average molecular weight is 493 g/mol. The molecule has 1 saturated heterocycles. The van der Waals surface area contributed by atoms with E-state index < -0.39 is 11.9 Å². The van der Waals surface area contributed by atoms with Gasteiger partial charge in [0.15, 0.2) is 11.6 Å². The van der Waals surface area contributed by atoms with Gasteiger partial charge in [-0.05, 0) is 61.2 Å². The monoisotopic (exact) mass is 492 g/mol. The van der Waals surface area contributed by atoms with Crippen LogP contribution in [0, 0.1) is 0 Å². The van der Waals surface area contributed by atoms with Crippen molar-refractivity contribution in [2.45, 2.75) is 25.2 Å². The van der Waals surface area contributed by atoms with E-state index >= 15 is 0 Å². The second-order valence-corrected chi connectivity index (χ2v) is 8.41. The number of aliphatic carboxylic acids is 2. The Morgan fingerprint density at radius 1 is 1.08 bits per heavy atom. The molecule has 9 nitrogen and oxygen atoms in total. The van der Waals surface area contributed by atoms with Crippen LogP contribution in [0.2, 0.25) is 0 Å². The number of likely N-dealkylation sites (tertiary alicyclic amines) is 1. The Hall–Kier alpha value is -3.98. The molecule has 0 aliphatic carbocycles. The molecule has 0 unspecified atom stereocenters. The number of carboxylic acids is 2. The highest BCUT2D eigenvalue weighted by molar-refractivity contribution is 5.89. The van der Waals surface area contributed by atoms with Gasteiger partial charge < -0.3 is 25.2 Å². The number of hydrogen-bond donors (Lipinski definition) is 3. The summed E-state index contributed by atoms with van der Waals surface area (Å²) < 4.78 is 5.28. The summed E-state index contributed by atoms with van der Waals surface area (Å²) in [5.41, 5.74) is 1.52. The molecule has 9 heteroatoms. The molecule has 0 radical (unpaired) electrons. The molecule has 1 fully saturated rings. The Morgan fingerprint density at radius 2 is 1.78 bits per heavy atom. The first kappa shape index (κ1) is 26.6. The molecule has 4 rings (SSSR count). The average Bonchev–Trinajstić information content (AvgIpc) is 2.90. The molecule has 190 valence electrons. The van der Waals surface area contributed by atoms with Crippen LogP contribution in [0.5, 0.6) is 5.75 Å². The van der Waals surface area contributed by atoms with Crippen LogP contribution in [0.1, 0.15) is 30.7 Å². The van der Waals surface area contributed by atoms with Crippen LogP contribution in [0.25, 0.3) is 10.8 Å². The Bertz CT molecular complexity index is 1150. The van der Waals surface area contributed by atoms with Gasteiger partial charge in [0, 0.05) is 18.7 Å². The lowest BCUT2D eigenvalue weighted by Gasteiger charge is -2.32. The largest absolute Gasteiger partial charge is 0.491 e. The van der Waals surface area contributed by atoms with Crippen LogP contribution in [0.15, 0.2) is 67.1 Å². The number of rotatable bonds is 9. The minimum Gasteiger partial charge on any atom is -0.491 e. The van der Waals surface area contributed by atoms with E-state index in [1.807, 2.05) is 0 Å². The molecule has 0 saturated carbocycles. The van der Waals surface area contributed by atoms with E-state index in [-0.39, 0.29) is 0 Å². The van der Waals surface area contributed by atoms with E-state index in [4.69, 9.17) is 14.9 Å². The van der Waals surface area contributed by atoms with Crippen LogP contribution in [-0.2, 0) is 9.59 Å². The van der Waals surface area contributed by atoms with E-state index in [1.54, 1.807) is 19.6 Å². The molecule has 0 spiro atoms. The zero-order chi connectivity index (χ0) is 25.8. The zero-order valence-electron chi connectivity index (χ0n) is 20.3. The molecule has 3 aromatic rings. The van der Waals surface area contributed by atoms with E-state index in [1.165, 1.54) is 42.3 Å². The lowest BCUT2D eigenvalue weighted by molar-refractivity contribution is -0.134. The number of anilines is 1. The minimum atomic E-state index is -1.26. The Labute approximate surface area is 210 Å². The standard InChI is InChI=1S/C23H28N4O.C4H4O4/c1-28-22-16-24-17-26-23(22)25-12-5-13-27-14-10-19(11-15-27)21-9-4-7-18-6-2-3-8-20(18)21;5-3(6)1-2-4(7)8/h2-4,6-9,16-17,19H,5,10-15H2,1H3,(H,24,25,26);1-2H,(H,5,6)(H,7,8)/b;2-1+. The topological polar surface area (TPSA) is 125 Å². The molecule has 2 aromatic carbocycles. The molecule has 0 amide bonds. The molecule has 0 atom stereocenters. The van der Waals surface area contributed by atoms with Crippen molar-refractivity contribution in [3.05, 3.63) is 72.7 Å². The van der Waals surface area contributed by atoms with E-state index in [0.717, 1.165) is 25.3 Å². The number of aromatic nitrogens is 2. The number of ether oxygens (including phenoxy) is 1. The maximum absolute atomic E-state index is 9.55. The number of nitrogens with one attached hydrogen (secondary N) is 1. The van der Waals surface area contributed by atoms with Gasteiger partial charge in [-0.3, -0.25) is 0 Å². The third-order valence-electron chi connectivity index (χ3n) is 6.06. The Balaban J connectivity index is 0.000000392. The van der Waals surface area contributed by atoms with Crippen LogP contribution in [0.3, 0.4) is 0 Å². The first-order valence-electron chi connectivity index (χ1n) is 11.9. The fourth-order valence-corrected chi connectivity index (χ4v) is 4.33. The summed E-state index contributed by atoms with van der Waals surface area (Å²) >= 11 is 0. The number of hydrogen-bond acceptors (Lipinski definition) is 7. The minimum absolute atomic E-state index is 0.558. The summed E-state index contributed by atoms with van der Waals surface area (Å²) in [5, 5.41) is 21.8. The van der Waals surface area contributed by atoms with Crippen molar-refractivity contribution in [2.24, 2.45) is 0 Å². The van der Waals surface area contributed by atoms with Crippen LogP contribution in [-0.4, -0.2) is 70.3 Å². The van der Waals surface area contributed by atoms with E-state index in [9.17, 15) is 9.59 Å². The smallest absolute Gasteiger partial charge is 0.328 e. The quantitative estimate of drug-likeness (QED) is 0.300. The number of fused-ring (bicyclic) bond motifs is 1. The summed E-state index contributed by atoms with van der Waals surface area (Å²) in [6.07, 6.45) is 7.91. The summed E-state index contributed by atoms with van der Waals surface area (Å²) in [6, 6.07) is 15.5. The van der Waals surface area contributed by atoms with Crippen molar-refractivity contribution >= 4 is 28.5 Å². The van der Waals surface area contributed by atoms with Gasteiger partial charge in [0.1, 0.15) is 6.33 Å². The van der Waals surface area contributed by atoms with Crippen LogP contribution in [0.4, 0.5) is 5.82 Å². The van der Waals surface area contributed by atoms with E-state index in [0.29, 0.717) is 23.8 Å². The second kappa shape index (κ2) is 13.8. The molecule has 1 aliphatic heterocycles. The Morgan fingerprint density at radius 3 is 2.47 bits per heavy atom. The number of carbonyl (C=O) groups is 2. The van der Waals surface area contributed by atoms with Crippen molar-refractivity contribution in [1.82, 2.24) is 14.9 Å². The molecular weight excluding hydrogens is 460 g/mol. The van der Waals surface area contributed by atoms with Gasteiger partial charge in [0.2, 0.25) is 0 Å². The molecule has 2 heterocycles. The Kier molecular flexibility index (Phi) is 10.2. The zero-order valence-corrected chi connectivity index (χ0v) is 20.3. The predicted octanol–water partition coefficient (Wildman–Crippen LogP) is 4.03. The van der Waals surface area contributed by atoms with Crippen molar-refractivity contribution < 1.29 is 24.5 Å². The molecule has 0 bridgehead atoms. The fraction of sp³-hybridized carbons (Fsp3) is 0.333. The van der Waals surface area contributed by atoms with Crippen molar-refractivity contribution in [3.8, 4) is 5.75 Å². The first-order chi connectivity index (χ1) is 17.5. The summed E-state index contributed by atoms with van der Waals surface area (Å²) in [4.78, 5) is 29.9. The summed E-state index contributed by atoms with van der Waals surface area (Å²) in [5.74, 6) is -0.379. The van der Waals surface area contributed by atoms with Gasteiger partial charge in [-0.25, -0.2) is 19.6 Å². The summed E-state index contributed by atoms with van der Waals surface area (Å²) in [7, 11) is 1.64. The van der Waals surface area contributed by atoms with Gasteiger partial charge >= 0.3 is 11.9 Å². The number of carboxylic acid groups (broad SMARTS) is 2. The van der Waals surface area contributed by atoms with Gasteiger partial charge in [-0.1, -0.05) is 42.5 Å². The van der Waals surface area contributed by atoms with Gasteiger partial charge in [0.05, 0.1) is 13.3 Å². The normalized spacial score (nSPS) is 14.2. The number of methoxy groups -OCH3 is 1. The highest BCUT2D eigenvalue weighted by atomic mass is 16.5. The van der Waals surface area contributed by atoms with Crippen molar-refractivity contribution in [2.75, 3.05) is 38.6 Å². The van der Waals surface area contributed by atoms with Crippen LogP contribution >= 0.6 is 0 Å². The SMILES string of the molecule is COc1cncnc1NCCCN1CCC(c2cccc3ccccc23)CC1.O=C(O)/C=C/C(=O)O. The predicted molar refractivity (Wildman–Crippen MR) is 138 cm³/mol. The maximum atomic E-state index is 9.55. The number of piperidine rings is 1. The maximum Gasteiger partial charge on any atom is 0.328 e. The molecule has 1 aromatic heterocycles. The lowest BCUT2D eigenvalue weighted by atomic mass is 9.86. The van der Waals surface area contributed by atoms with E-state index in [2.05, 4.69) is 62.6 Å². The van der Waals surface area contributed by atoms with Gasteiger partial charge in [-0.15, -0.1) is 0 Å². The highest BCUT2D eigenvalue weighted by Crippen LogP contribution is 2.33. The lowest BCUT2D eigenvalue weighted by Crippen LogP contribution is -2.34. The van der Waals surface area contributed by atoms with Gasteiger partial charge in [-0.2, -0.15) is 0 Å². The summed E-state index contributed by atoms with van der Waals surface area (Å²) in [6.45, 7) is 4.34. The van der Waals surface area contributed by atoms with Crippen LogP contribution < -0.4 is 10.1 Å². The number of benzene rings is 2. The second-order valence-electron chi connectivity index (χ2n) is 8.41. The third-order valence-corrected chi connectivity index (χ3v) is 6.06. The highest BCUT2D eigenvalue weighted by Gasteiger charge is 2.21. The van der Waals surface area contributed by atoms with Gasteiger partial charge in [0.25, 0.3) is 0 Å². The third kappa shape index (κ3) is 8.06. The number of nitrogens with zero attached hydrogens (tertiary/aromatic N) is 3. The molecule has 3 N–H and O–H groups in total. The molecule has 1 aliphatic rings. The molecule has 36 heavy (non-hydrogen) atoms.